The van der Waals surface area contributed by atoms with E-state index in [2.05, 4.69) is 0 Å². The summed E-state index contributed by atoms with van der Waals surface area (Å²) in [4.78, 5) is 28.0. The van der Waals surface area contributed by atoms with E-state index in [0.29, 0.717) is 48.7 Å². The number of ketones is 1. The van der Waals surface area contributed by atoms with Crippen molar-refractivity contribution in [3.8, 4) is 0 Å². The van der Waals surface area contributed by atoms with Crippen molar-refractivity contribution in [2.75, 3.05) is 32.7 Å². The minimum absolute atomic E-state index is 0.0216. The van der Waals surface area contributed by atoms with E-state index in [4.69, 9.17) is 0 Å². The highest BCUT2D eigenvalue weighted by Crippen LogP contribution is 2.23. The zero-order valence-corrected chi connectivity index (χ0v) is 16.6. The van der Waals surface area contributed by atoms with Gasteiger partial charge in [-0.3, -0.25) is 9.59 Å². The van der Waals surface area contributed by atoms with Crippen LogP contribution >= 0.6 is 0 Å². The fraction of sp³-hybridized carbons (Fsp3) is 0.429. The molecule has 156 valence electrons. The van der Waals surface area contributed by atoms with Crippen LogP contribution in [0.4, 0.5) is 13.2 Å². The van der Waals surface area contributed by atoms with Crippen LogP contribution in [-0.2, 0) is 6.54 Å². The molecule has 0 bridgehead atoms. The number of carbonyl (C=O) groups is 2. The van der Waals surface area contributed by atoms with Crippen molar-refractivity contribution in [2.45, 2.75) is 26.6 Å². The van der Waals surface area contributed by atoms with Gasteiger partial charge in [0.1, 0.15) is 13.1 Å². The summed E-state index contributed by atoms with van der Waals surface area (Å²) in [5.74, 6) is -0.184. The topological polar surface area (TPSA) is 46.8 Å². The molecule has 1 aromatic heterocycles. The zero-order chi connectivity index (χ0) is 21.2. The van der Waals surface area contributed by atoms with E-state index in [-0.39, 0.29) is 18.2 Å². The van der Waals surface area contributed by atoms with Crippen molar-refractivity contribution in [1.82, 2.24) is 9.47 Å². The van der Waals surface area contributed by atoms with Crippen molar-refractivity contribution < 1.29 is 27.7 Å². The van der Waals surface area contributed by atoms with Gasteiger partial charge in [-0.1, -0.05) is 18.2 Å². The number of piperazine rings is 1. The Bertz CT molecular complexity index is 883. The lowest BCUT2D eigenvalue weighted by Gasteiger charge is -2.32. The normalized spacial score (nSPS) is 15.6. The third-order valence-corrected chi connectivity index (χ3v) is 5.40. The number of benzene rings is 1. The van der Waals surface area contributed by atoms with E-state index in [1.54, 1.807) is 30.9 Å². The summed E-state index contributed by atoms with van der Waals surface area (Å²) in [6, 6.07) is 10.6. The van der Waals surface area contributed by atoms with Crippen LogP contribution in [0.25, 0.3) is 0 Å². The maximum atomic E-state index is 12.8. The molecule has 1 amide bonds. The summed E-state index contributed by atoms with van der Waals surface area (Å²) in [5.41, 5.74) is 1.77. The fourth-order valence-electron chi connectivity index (χ4n) is 3.79. The molecular weight excluding hydrogens is 383 g/mol. The number of aryl methyl sites for hydroxylation is 1. The number of nitrogens with one attached hydrogen (secondary N) is 1. The van der Waals surface area contributed by atoms with Gasteiger partial charge >= 0.3 is 6.18 Å². The Kier molecular flexibility index (Phi) is 6.12. The molecule has 0 unspecified atom stereocenters. The van der Waals surface area contributed by atoms with Gasteiger partial charge in [0, 0.05) is 22.5 Å². The van der Waals surface area contributed by atoms with Crippen LogP contribution in [-0.4, -0.2) is 60.1 Å². The van der Waals surface area contributed by atoms with E-state index >= 15 is 0 Å². The van der Waals surface area contributed by atoms with Crippen LogP contribution < -0.4 is 4.90 Å². The van der Waals surface area contributed by atoms with E-state index in [0.717, 1.165) is 9.47 Å². The Morgan fingerprint density at radius 1 is 1.07 bits per heavy atom. The predicted octanol–water partition coefficient (Wildman–Crippen LogP) is 1.89. The number of aromatic nitrogens is 1. The van der Waals surface area contributed by atoms with Crippen LogP contribution in [0.3, 0.4) is 0 Å². The quantitative estimate of drug-likeness (QED) is 0.769. The first-order chi connectivity index (χ1) is 13.7. The number of rotatable bonds is 5. The number of nitrogens with zero attached hydrogens (tertiary/aromatic N) is 2. The second kappa shape index (κ2) is 8.41. The third-order valence-electron chi connectivity index (χ3n) is 5.40. The largest absolute Gasteiger partial charge is 0.406 e. The molecule has 3 rings (SSSR count). The van der Waals surface area contributed by atoms with Gasteiger partial charge in [0.2, 0.25) is 5.78 Å². The van der Waals surface area contributed by atoms with Crippen LogP contribution in [0.5, 0.6) is 0 Å². The minimum atomic E-state index is -4.33. The smallest absolute Gasteiger partial charge is 0.339 e. The van der Waals surface area contributed by atoms with Crippen molar-refractivity contribution in [3.05, 3.63) is 58.9 Å². The summed E-state index contributed by atoms with van der Waals surface area (Å²) >= 11 is 0. The second-order valence-corrected chi connectivity index (χ2v) is 7.49. The van der Waals surface area contributed by atoms with Crippen molar-refractivity contribution >= 4 is 11.7 Å². The Labute approximate surface area is 167 Å². The Balaban J connectivity index is 1.59. The van der Waals surface area contributed by atoms with E-state index < -0.39 is 12.7 Å². The van der Waals surface area contributed by atoms with Crippen LogP contribution in [0.1, 0.15) is 32.1 Å². The maximum absolute atomic E-state index is 12.8. The number of Topliss-reactive ketones (excluding diaryl/α,β-unsaturated/α-hetero) is 1. The van der Waals surface area contributed by atoms with Crippen LogP contribution in [0, 0.1) is 13.8 Å². The molecule has 5 nitrogen and oxygen atoms in total. The molecule has 8 heteroatoms. The molecule has 1 aliphatic rings. The summed E-state index contributed by atoms with van der Waals surface area (Å²) in [6.07, 6.45) is -4.33. The number of hydrogen-bond acceptors (Lipinski definition) is 2. The van der Waals surface area contributed by atoms with Crippen molar-refractivity contribution in [3.63, 3.8) is 0 Å². The van der Waals surface area contributed by atoms with Gasteiger partial charge in [-0.2, -0.15) is 13.2 Å². The molecule has 1 aromatic carbocycles. The summed E-state index contributed by atoms with van der Waals surface area (Å²) in [5, 5.41) is 0. The van der Waals surface area contributed by atoms with Gasteiger partial charge in [0.15, 0.2) is 0 Å². The lowest BCUT2D eigenvalue weighted by molar-refractivity contribution is -0.895. The van der Waals surface area contributed by atoms with Crippen molar-refractivity contribution in [1.29, 1.82) is 0 Å². The Hall–Kier alpha value is -2.61. The lowest BCUT2D eigenvalue weighted by Crippen LogP contribution is -3.15. The van der Waals surface area contributed by atoms with Gasteiger partial charge < -0.3 is 14.4 Å². The van der Waals surface area contributed by atoms with Crippen molar-refractivity contribution in [2.24, 2.45) is 0 Å². The Morgan fingerprint density at radius 2 is 1.69 bits per heavy atom. The molecule has 0 atom stereocenters. The highest BCUT2D eigenvalue weighted by atomic mass is 19.4. The average Bonchev–Trinajstić information content (AvgIpc) is 2.96. The minimum Gasteiger partial charge on any atom is -0.339 e. The number of quaternary nitrogens is 1. The summed E-state index contributed by atoms with van der Waals surface area (Å²) in [6.45, 7) is 4.60. The molecule has 0 spiro atoms. The molecule has 0 radical (unpaired) electrons. The van der Waals surface area contributed by atoms with Gasteiger partial charge in [0.25, 0.3) is 5.91 Å². The molecule has 1 saturated heterocycles. The highest BCUT2D eigenvalue weighted by molar-refractivity contribution is 5.98. The zero-order valence-electron chi connectivity index (χ0n) is 16.6. The summed E-state index contributed by atoms with van der Waals surface area (Å²) in [7, 11) is 0. The van der Waals surface area contributed by atoms with Gasteiger partial charge in [-0.25, -0.2) is 0 Å². The molecule has 2 aromatic rings. The van der Waals surface area contributed by atoms with E-state index in [1.807, 2.05) is 18.2 Å². The fourth-order valence-corrected chi connectivity index (χ4v) is 3.79. The second-order valence-electron chi connectivity index (χ2n) is 7.49. The molecule has 1 N–H and O–H groups in total. The molecule has 1 fully saturated rings. The predicted molar refractivity (Wildman–Crippen MR) is 102 cm³/mol. The first-order valence-electron chi connectivity index (χ1n) is 9.60. The van der Waals surface area contributed by atoms with Gasteiger partial charge in [-0.05, 0) is 32.0 Å². The van der Waals surface area contributed by atoms with Gasteiger partial charge in [0.05, 0.1) is 26.2 Å². The first kappa shape index (κ1) is 21.1. The average molecular weight is 408 g/mol. The third kappa shape index (κ3) is 5.06. The number of carbonyl (C=O) groups excluding carboxylic acids is 2. The standard InChI is InChI=1S/C21H24F3N3O2/c1-15-12-18(16(2)27(15)14-21(22,23)24)19(28)13-25-8-10-26(11-9-25)20(29)17-6-4-3-5-7-17/h3-7,12H,8-11,13-14H2,1-2H3/p+1. The van der Waals surface area contributed by atoms with Crippen LogP contribution in [0.15, 0.2) is 36.4 Å². The molecule has 2 heterocycles. The molecular formula is C21H25F3N3O2+. The number of halogens is 3. The van der Waals surface area contributed by atoms with E-state index in [9.17, 15) is 22.8 Å². The van der Waals surface area contributed by atoms with E-state index in [1.165, 1.54) is 6.07 Å². The van der Waals surface area contributed by atoms with Gasteiger partial charge in [-0.15, -0.1) is 0 Å². The molecule has 0 saturated carbocycles. The van der Waals surface area contributed by atoms with Crippen LogP contribution in [0.2, 0.25) is 0 Å². The Morgan fingerprint density at radius 3 is 2.28 bits per heavy atom. The highest BCUT2D eigenvalue weighted by Gasteiger charge is 2.31. The molecule has 29 heavy (non-hydrogen) atoms. The maximum Gasteiger partial charge on any atom is 0.406 e. The monoisotopic (exact) mass is 408 g/mol. The number of hydrogen-bond donors (Lipinski definition) is 1. The summed E-state index contributed by atoms with van der Waals surface area (Å²) < 4.78 is 39.4. The SMILES string of the molecule is Cc1cc(C(=O)C[NH+]2CCN(C(=O)c3ccccc3)CC2)c(C)n1CC(F)(F)F. The number of amides is 1. The lowest BCUT2D eigenvalue weighted by atomic mass is 10.1. The number of alkyl halides is 3. The first-order valence-corrected chi connectivity index (χ1v) is 9.60. The molecule has 1 aliphatic heterocycles. The molecule has 0 aliphatic carbocycles.